The van der Waals surface area contributed by atoms with Crippen LogP contribution in [0.5, 0.6) is 0 Å². The van der Waals surface area contributed by atoms with Crippen LogP contribution in [0.1, 0.15) is 24.4 Å². The van der Waals surface area contributed by atoms with Crippen LogP contribution in [-0.4, -0.2) is 14.8 Å². The van der Waals surface area contributed by atoms with Crippen LogP contribution in [0.3, 0.4) is 0 Å². The van der Waals surface area contributed by atoms with Crippen molar-refractivity contribution < 1.29 is 4.39 Å². The zero-order chi connectivity index (χ0) is 13.1. The van der Waals surface area contributed by atoms with E-state index in [-0.39, 0.29) is 0 Å². The van der Waals surface area contributed by atoms with Gasteiger partial charge in [0.15, 0.2) is 0 Å². The molecule has 1 atom stereocenters. The van der Waals surface area contributed by atoms with E-state index in [9.17, 15) is 4.39 Å². The molecular weight excluding hydrogens is 257 g/mol. The van der Waals surface area contributed by atoms with Crippen molar-refractivity contribution in [1.82, 2.24) is 20.2 Å². The Bertz CT molecular complexity index is 525. The Balaban J connectivity index is 2.44. The molecule has 7 heteroatoms. The van der Waals surface area contributed by atoms with Crippen LogP contribution >= 0.6 is 11.6 Å². The molecule has 0 amide bonds. The zero-order valence-electron chi connectivity index (χ0n) is 9.77. The molecule has 2 rings (SSSR count). The molecular formula is C11H13ClFN5. The lowest BCUT2D eigenvalue weighted by Gasteiger charge is -2.17. The average Bonchev–Trinajstić information content (AvgIpc) is 2.74. The van der Waals surface area contributed by atoms with Crippen molar-refractivity contribution in [3.63, 3.8) is 0 Å². The van der Waals surface area contributed by atoms with Crippen molar-refractivity contribution in [3.05, 3.63) is 46.8 Å². The van der Waals surface area contributed by atoms with Crippen LogP contribution in [0.2, 0.25) is 5.02 Å². The van der Waals surface area contributed by atoms with E-state index in [0.717, 1.165) is 6.20 Å². The molecule has 5 nitrogen and oxygen atoms in total. The SMILES string of the molecule is CCn1ncc(Cl)c1C(NN)c1ccc(F)cn1. The molecule has 0 aliphatic carbocycles. The van der Waals surface area contributed by atoms with Crippen molar-refractivity contribution in [1.29, 1.82) is 0 Å². The van der Waals surface area contributed by atoms with Gasteiger partial charge in [0.05, 0.1) is 28.8 Å². The molecule has 0 spiro atoms. The molecule has 2 aromatic heterocycles. The zero-order valence-corrected chi connectivity index (χ0v) is 10.5. The number of hydrogen-bond donors (Lipinski definition) is 2. The van der Waals surface area contributed by atoms with Crippen LogP contribution in [0.25, 0.3) is 0 Å². The summed E-state index contributed by atoms with van der Waals surface area (Å²) >= 11 is 6.10. The summed E-state index contributed by atoms with van der Waals surface area (Å²) in [6.45, 7) is 2.60. The summed E-state index contributed by atoms with van der Waals surface area (Å²) in [4.78, 5) is 4.00. The highest BCUT2D eigenvalue weighted by molar-refractivity contribution is 6.31. The summed E-state index contributed by atoms with van der Waals surface area (Å²) in [7, 11) is 0. The maximum absolute atomic E-state index is 12.9. The summed E-state index contributed by atoms with van der Waals surface area (Å²) in [6, 6.07) is 2.46. The van der Waals surface area contributed by atoms with Crippen LogP contribution in [0, 0.1) is 5.82 Å². The van der Waals surface area contributed by atoms with Gasteiger partial charge in [-0.25, -0.2) is 9.82 Å². The quantitative estimate of drug-likeness (QED) is 0.654. The summed E-state index contributed by atoms with van der Waals surface area (Å²) in [5, 5.41) is 4.63. The van der Waals surface area contributed by atoms with Crippen molar-refractivity contribution >= 4 is 11.6 Å². The van der Waals surface area contributed by atoms with Gasteiger partial charge in [0.1, 0.15) is 11.9 Å². The third-order valence-electron chi connectivity index (χ3n) is 2.62. The van der Waals surface area contributed by atoms with E-state index in [1.165, 1.54) is 6.07 Å². The van der Waals surface area contributed by atoms with Gasteiger partial charge in [0.2, 0.25) is 0 Å². The predicted octanol–water partition coefficient (Wildman–Crippen LogP) is 1.64. The highest BCUT2D eigenvalue weighted by Crippen LogP contribution is 2.26. The second kappa shape index (κ2) is 5.43. The third kappa shape index (κ3) is 2.35. The van der Waals surface area contributed by atoms with Crippen LogP contribution < -0.4 is 11.3 Å². The predicted molar refractivity (Wildman–Crippen MR) is 66.3 cm³/mol. The average molecular weight is 270 g/mol. The molecule has 2 aromatic rings. The third-order valence-corrected chi connectivity index (χ3v) is 2.91. The molecule has 0 saturated heterocycles. The van der Waals surface area contributed by atoms with Gasteiger partial charge in [-0.3, -0.25) is 15.5 Å². The number of aryl methyl sites for hydroxylation is 1. The first-order chi connectivity index (χ1) is 8.67. The first-order valence-corrected chi connectivity index (χ1v) is 5.84. The molecule has 96 valence electrons. The lowest BCUT2D eigenvalue weighted by Crippen LogP contribution is -2.31. The number of aromatic nitrogens is 3. The smallest absolute Gasteiger partial charge is 0.141 e. The van der Waals surface area contributed by atoms with Crippen molar-refractivity contribution in [3.8, 4) is 0 Å². The Morgan fingerprint density at radius 1 is 1.50 bits per heavy atom. The molecule has 0 fully saturated rings. The fourth-order valence-corrected chi connectivity index (χ4v) is 2.02. The van der Waals surface area contributed by atoms with E-state index in [1.54, 1.807) is 16.9 Å². The molecule has 3 N–H and O–H groups in total. The fourth-order valence-electron chi connectivity index (χ4n) is 1.77. The molecule has 0 aromatic carbocycles. The standard InChI is InChI=1S/C11H13ClFN5/c1-2-18-11(8(12)6-16-18)10(17-14)9-4-3-7(13)5-15-9/h3-6,10,17H,2,14H2,1H3. The maximum Gasteiger partial charge on any atom is 0.141 e. The maximum atomic E-state index is 12.9. The number of halogens is 2. The topological polar surface area (TPSA) is 68.8 Å². The number of pyridine rings is 1. The van der Waals surface area contributed by atoms with Crippen molar-refractivity contribution in [2.24, 2.45) is 5.84 Å². The molecule has 1 unspecified atom stereocenters. The Hall–Kier alpha value is -1.50. The second-order valence-corrected chi connectivity index (χ2v) is 4.10. The van der Waals surface area contributed by atoms with Gasteiger partial charge < -0.3 is 0 Å². The Labute approximate surface area is 109 Å². The monoisotopic (exact) mass is 269 g/mol. The summed E-state index contributed by atoms with van der Waals surface area (Å²) in [6.07, 6.45) is 2.69. The van der Waals surface area contributed by atoms with E-state index < -0.39 is 11.9 Å². The van der Waals surface area contributed by atoms with Gasteiger partial charge >= 0.3 is 0 Å². The minimum atomic E-state index is -0.430. The molecule has 0 saturated carbocycles. The van der Waals surface area contributed by atoms with Gasteiger partial charge in [-0.05, 0) is 19.1 Å². The minimum Gasteiger partial charge on any atom is -0.270 e. The number of hydrazine groups is 1. The highest BCUT2D eigenvalue weighted by atomic mass is 35.5. The van der Waals surface area contributed by atoms with E-state index in [2.05, 4.69) is 15.5 Å². The Kier molecular flexibility index (Phi) is 3.90. The van der Waals surface area contributed by atoms with Gasteiger partial charge in [-0.2, -0.15) is 5.10 Å². The number of nitrogens with one attached hydrogen (secondary N) is 1. The van der Waals surface area contributed by atoms with Gasteiger partial charge in [-0.15, -0.1) is 0 Å². The fraction of sp³-hybridized carbons (Fsp3) is 0.273. The Morgan fingerprint density at radius 3 is 2.83 bits per heavy atom. The van der Waals surface area contributed by atoms with E-state index >= 15 is 0 Å². The Morgan fingerprint density at radius 2 is 2.28 bits per heavy atom. The molecule has 0 radical (unpaired) electrons. The summed E-state index contributed by atoms with van der Waals surface area (Å²) in [5.41, 5.74) is 3.91. The number of nitrogens with zero attached hydrogens (tertiary/aromatic N) is 3. The number of nitrogens with two attached hydrogens (primary N) is 1. The number of hydrogen-bond acceptors (Lipinski definition) is 4. The lowest BCUT2D eigenvalue weighted by molar-refractivity contribution is 0.532. The van der Waals surface area contributed by atoms with Crippen molar-refractivity contribution in [2.75, 3.05) is 0 Å². The molecule has 18 heavy (non-hydrogen) atoms. The highest BCUT2D eigenvalue weighted by Gasteiger charge is 2.21. The first-order valence-electron chi connectivity index (χ1n) is 5.46. The van der Waals surface area contributed by atoms with Crippen molar-refractivity contribution in [2.45, 2.75) is 19.5 Å². The molecule has 0 aliphatic heterocycles. The molecule has 2 heterocycles. The van der Waals surface area contributed by atoms with E-state index in [4.69, 9.17) is 17.4 Å². The molecule has 0 bridgehead atoms. The van der Waals surface area contributed by atoms with Crippen LogP contribution in [-0.2, 0) is 6.54 Å². The van der Waals surface area contributed by atoms with E-state index in [0.29, 0.717) is 23.0 Å². The minimum absolute atomic E-state index is 0.399. The second-order valence-electron chi connectivity index (χ2n) is 3.69. The largest absolute Gasteiger partial charge is 0.270 e. The normalized spacial score (nSPS) is 12.7. The summed E-state index contributed by atoms with van der Waals surface area (Å²) in [5.74, 6) is 5.14. The lowest BCUT2D eigenvalue weighted by atomic mass is 10.1. The summed E-state index contributed by atoms with van der Waals surface area (Å²) < 4.78 is 14.6. The molecule has 0 aliphatic rings. The van der Waals surface area contributed by atoms with Crippen LogP contribution in [0.15, 0.2) is 24.5 Å². The number of rotatable bonds is 4. The van der Waals surface area contributed by atoms with Gasteiger partial charge in [0, 0.05) is 6.54 Å². The van der Waals surface area contributed by atoms with E-state index in [1.807, 2.05) is 6.92 Å². The van der Waals surface area contributed by atoms with Gasteiger partial charge in [0.25, 0.3) is 0 Å². The first kappa shape index (κ1) is 12.9. The van der Waals surface area contributed by atoms with Gasteiger partial charge in [-0.1, -0.05) is 11.6 Å². The van der Waals surface area contributed by atoms with Crippen LogP contribution in [0.4, 0.5) is 4.39 Å².